The van der Waals surface area contributed by atoms with E-state index in [9.17, 15) is 9.59 Å². The van der Waals surface area contributed by atoms with Crippen molar-refractivity contribution in [3.05, 3.63) is 86.7 Å². The number of imidazole rings is 2. The van der Waals surface area contributed by atoms with Gasteiger partial charge < -0.3 is 0 Å². The monoisotopic (exact) mass is 419 g/mol. The summed E-state index contributed by atoms with van der Waals surface area (Å²) in [4.78, 5) is 30.4. The number of aryl methyl sites for hydroxylation is 1. The molecular formula is C22H18ClN5O2. The molecule has 0 fully saturated rings. The van der Waals surface area contributed by atoms with Gasteiger partial charge in [-0.15, -0.1) is 0 Å². The maximum Gasteiger partial charge on any atom is 0.332 e. The highest BCUT2D eigenvalue weighted by atomic mass is 35.5. The number of benzene rings is 2. The van der Waals surface area contributed by atoms with Gasteiger partial charge in [-0.25, -0.2) is 4.79 Å². The third kappa shape index (κ3) is 2.55. The first-order valence-corrected chi connectivity index (χ1v) is 9.93. The molecule has 0 aliphatic carbocycles. The molecule has 0 amide bonds. The van der Waals surface area contributed by atoms with Crippen molar-refractivity contribution in [2.24, 2.45) is 7.05 Å². The smallest absolute Gasteiger partial charge is 0.279 e. The summed E-state index contributed by atoms with van der Waals surface area (Å²) >= 11 is 6.09. The Morgan fingerprint density at radius 2 is 1.70 bits per heavy atom. The van der Waals surface area contributed by atoms with E-state index in [1.165, 1.54) is 9.13 Å². The Hall–Kier alpha value is -3.58. The fourth-order valence-electron chi connectivity index (χ4n) is 3.83. The number of hydrogen-bond donors (Lipinski definition) is 0. The summed E-state index contributed by atoms with van der Waals surface area (Å²) in [6.45, 7) is 2.07. The van der Waals surface area contributed by atoms with E-state index >= 15 is 0 Å². The van der Waals surface area contributed by atoms with Gasteiger partial charge in [0.1, 0.15) is 0 Å². The molecule has 150 valence electrons. The first-order valence-electron chi connectivity index (χ1n) is 9.56. The molecule has 3 aromatic heterocycles. The molecule has 3 heterocycles. The average molecular weight is 420 g/mol. The van der Waals surface area contributed by atoms with Crippen LogP contribution in [0.15, 0.2) is 70.4 Å². The van der Waals surface area contributed by atoms with E-state index in [4.69, 9.17) is 16.6 Å². The Kier molecular flexibility index (Phi) is 4.15. The highest BCUT2D eigenvalue weighted by molar-refractivity contribution is 6.30. The molecule has 0 unspecified atom stereocenters. The van der Waals surface area contributed by atoms with E-state index in [2.05, 4.69) is 0 Å². The molecule has 0 bridgehead atoms. The van der Waals surface area contributed by atoms with Crippen LogP contribution >= 0.6 is 11.6 Å². The lowest BCUT2D eigenvalue weighted by Gasteiger charge is -2.09. The van der Waals surface area contributed by atoms with Gasteiger partial charge in [-0.3, -0.25) is 22.9 Å². The molecule has 0 aliphatic heterocycles. The summed E-state index contributed by atoms with van der Waals surface area (Å²) < 4.78 is 6.37. The minimum absolute atomic E-state index is 0.290. The quantitative estimate of drug-likeness (QED) is 0.449. The van der Waals surface area contributed by atoms with Gasteiger partial charge in [-0.1, -0.05) is 41.9 Å². The van der Waals surface area contributed by atoms with Crippen LogP contribution in [0.5, 0.6) is 0 Å². The highest BCUT2D eigenvalue weighted by Gasteiger charge is 2.22. The molecule has 0 N–H and O–H groups in total. The van der Waals surface area contributed by atoms with Gasteiger partial charge in [0.15, 0.2) is 11.2 Å². The molecule has 2 aromatic carbocycles. The van der Waals surface area contributed by atoms with Crippen molar-refractivity contribution >= 4 is 28.5 Å². The molecular weight excluding hydrogens is 402 g/mol. The maximum absolute atomic E-state index is 13.1. The Balaban J connectivity index is 1.97. The minimum atomic E-state index is -0.378. The van der Waals surface area contributed by atoms with Crippen molar-refractivity contribution in [1.29, 1.82) is 0 Å². The van der Waals surface area contributed by atoms with Crippen LogP contribution in [-0.4, -0.2) is 23.1 Å². The molecule has 0 radical (unpaired) electrons. The first-order chi connectivity index (χ1) is 14.5. The normalized spacial score (nSPS) is 11.6. The Morgan fingerprint density at radius 1 is 1.00 bits per heavy atom. The first kappa shape index (κ1) is 18.4. The van der Waals surface area contributed by atoms with E-state index in [1.807, 2.05) is 65.4 Å². The van der Waals surface area contributed by atoms with Crippen LogP contribution in [0.25, 0.3) is 33.9 Å². The van der Waals surface area contributed by atoms with Crippen molar-refractivity contribution in [2.45, 2.75) is 13.5 Å². The second kappa shape index (κ2) is 6.74. The Labute approximate surface area is 176 Å². The van der Waals surface area contributed by atoms with Crippen molar-refractivity contribution in [2.75, 3.05) is 0 Å². The Morgan fingerprint density at radius 3 is 2.37 bits per heavy atom. The lowest BCUT2D eigenvalue weighted by molar-refractivity contribution is 0.637. The van der Waals surface area contributed by atoms with Gasteiger partial charge >= 0.3 is 5.69 Å². The molecule has 0 aliphatic rings. The molecule has 7 nitrogen and oxygen atoms in total. The summed E-state index contributed by atoms with van der Waals surface area (Å²) in [6.07, 6.45) is 1.89. The fraction of sp³-hybridized carbons (Fsp3) is 0.136. The highest BCUT2D eigenvalue weighted by Crippen LogP contribution is 2.29. The van der Waals surface area contributed by atoms with Gasteiger partial charge in [-0.2, -0.15) is 4.98 Å². The number of hydrogen-bond acceptors (Lipinski definition) is 3. The number of halogens is 1. The molecule has 8 heteroatoms. The molecule has 5 aromatic rings. The van der Waals surface area contributed by atoms with Crippen LogP contribution in [0.1, 0.15) is 6.92 Å². The maximum atomic E-state index is 13.1. The van der Waals surface area contributed by atoms with Gasteiger partial charge in [0, 0.05) is 36.1 Å². The topological polar surface area (TPSA) is 66.2 Å². The third-order valence-electron chi connectivity index (χ3n) is 5.32. The van der Waals surface area contributed by atoms with E-state index in [0.29, 0.717) is 22.0 Å². The van der Waals surface area contributed by atoms with Crippen molar-refractivity contribution in [3.8, 4) is 16.9 Å². The van der Waals surface area contributed by atoms with Crippen molar-refractivity contribution < 1.29 is 0 Å². The minimum Gasteiger partial charge on any atom is -0.279 e. The lowest BCUT2D eigenvalue weighted by atomic mass is 10.1. The second-order valence-electron chi connectivity index (χ2n) is 7.04. The summed E-state index contributed by atoms with van der Waals surface area (Å²) in [7, 11) is 1.63. The van der Waals surface area contributed by atoms with Gasteiger partial charge in [-0.05, 0) is 31.2 Å². The standard InChI is InChI=1S/C22H18ClN5O2/c1-3-26-20(29)18-19(25(2)22(26)30)24-21-27(18)13-17(14-7-5-4-6-8-14)28(21)16-11-9-15(23)10-12-16/h4-13H,3H2,1-2H3. The Bertz CT molecular complexity index is 1520. The van der Waals surface area contributed by atoms with E-state index in [0.717, 1.165) is 16.9 Å². The summed E-state index contributed by atoms with van der Waals surface area (Å²) in [5, 5.41) is 0.630. The van der Waals surface area contributed by atoms with Crippen molar-refractivity contribution in [1.82, 2.24) is 23.1 Å². The summed E-state index contributed by atoms with van der Waals surface area (Å²) in [5.74, 6) is 0.548. The lowest BCUT2D eigenvalue weighted by Crippen LogP contribution is -2.38. The zero-order chi connectivity index (χ0) is 21.0. The van der Waals surface area contributed by atoms with Crippen LogP contribution in [0.3, 0.4) is 0 Å². The second-order valence-corrected chi connectivity index (χ2v) is 7.47. The van der Waals surface area contributed by atoms with Crippen LogP contribution in [0.2, 0.25) is 5.02 Å². The molecule has 0 saturated carbocycles. The molecule has 0 spiro atoms. The average Bonchev–Trinajstić information content (AvgIpc) is 3.30. The zero-order valence-corrected chi connectivity index (χ0v) is 17.2. The molecule has 0 atom stereocenters. The van der Waals surface area contributed by atoms with Crippen LogP contribution < -0.4 is 11.2 Å². The van der Waals surface area contributed by atoms with Gasteiger partial charge in [0.2, 0.25) is 5.78 Å². The number of aromatic nitrogens is 5. The van der Waals surface area contributed by atoms with Gasteiger partial charge in [0.25, 0.3) is 5.56 Å². The number of nitrogens with zero attached hydrogens (tertiary/aromatic N) is 5. The predicted molar refractivity (Wildman–Crippen MR) is 118 cm³/mol. The van der Waals surface area contributed by atoms with Crippen LogP contribution in [-0.2, 0) is 13.6 Å². The summed E-state index contributed by atoms with van der Waals surface area (Å²) in [6, 6.07) is 17.3. The predicted octanol–water partition coefficient (Wildman–Crippen LogP) is 3.48. The molecule has 30 heavy (non-hydrogen) atoms. The fourth-order valence-corrected chi connectivity index (χ4v) is 3.96. The van der Waals surface area contributed by atoms with Crippen LogP contribution in [0.4, 0.5) is 0 Å². The van der Waals surface area contributed by atoms with E-state index < -0.39 is 0 Å². The van der Waals surface area contributed by atoms with E-state index in [1.54, 1.807) is 18.4 Å². The number of rotatable bonds is 3. The molecule has 0 saturated heterocycles. The van der Waals surface area contributed by atoms with E-state index in [-0.39, 0.29) is 17.8 Å². The SMILES string of the molecule is CCn1c(=O)c2c(nc3n(-c4ccc(Cl)cc4)c(-c4ccccc4)cn23)n(C)c1=O. The third-order valence-corrected chi connectivity index (χ3v) is 5.57. The number of fused-ring (bicyclic) bond motifs is 3. The zero-order valence-electron chi connectivity index (χ0n) is 16.4. The van der Waals surface area contributed by atoms with Crippen molar-refractivity contribution in [3.63, 3.8) is 0 Å². The molecule has 5 rings (SSSR count). The van der Waals surface area contributed by atoms with Crippen LogP contribution in [0, 0.1) is 0 Å². The largest absolute Gasteiger partial charge is 0.332 e. The van der Waals surface area contributed by atoms with Gasteiger partial charge in [0.05, 0.1) is 5.69 Å². The summed E-state index contributed by atoms with van der Waals surface area (Å²) in [5.41, 5.74) is 2.70.